The van der Waals surface area contributed by atoms with Gasteiger partial charge in [-0.15, -0.1) is 11.8 Å². The largest absolute Gasteiger partial charge is 0.324 e. The summed E-state index contributed by atoms with van der Waals surface area (Å²) in [5.74, 6) is -0.349. The van der Waals surface area contributed by atoms with Gasteiger partial charge in [0.25, 0.3) is 0 Å². The highest BCUT2D eigenvalue weighted by atomic mass is 35.5. The molecule has 144 valence electrons. The molecule has 0 aromatic heterocycles. The van der Waals surface area contributed by atoms with E-state index in [-0.39, 0.29) is 24.8 Å². The summed E-state index contributed by atoms with van der Waals surface area (Å²) in [5.41, 5.74) is 1.19. The zero-order valence-electron chi connectivity index (χ0n) is 15.1. The van der Waals surface area contributed by atoms with Crippen molar-refractivity contribution >= 4 is 58.2 Å². The molecule has 0 bridgehead atoms. The molecule has 0 heterocycles. The summed E-state index contributed by atoms with van der Waals surface area (Å²) >= 11 is 13.7. The second-order valence-corrected chi connectivity index (χ2v) is 7.54. The number of para-hydroxylation sites is 2. The Morgan fingerprint density at radius 2 is 1.67 bits per heavy atom. The van der Waals surface area contributed by atoms with Gasteiger partial charge in [0.05, 0.1) is 28.0 Å². The molecule has 2 rings (SSSR count). The number of halogens is 2. The summed E-state index contributed by atoms with van der Waals surface area (Å²) in [6.45, 7) is 0.606. The van der Waals surface area contributed by atoms with Crippen LogP contribution in [0.25, 0.3) is 0 Å². The Bertz CT molecular complexity index is 797. The fraction of sp³-hybridized carbons (Fsp3) is 0.263. The summed E-state index contributed by atoms with van der Waals surface area (Å²) in [6.07, 6.45) is 2.17. The third kappa shape index (κ3) is 6.74. The van der Waals surface area contributed by atoms with Crippen molar-refractivity contribution < 1.29 is 9.59 Å². The Labute approximate surface area is 173 Å². The molecule has 0 aliphatic carbocycles. The molecule has 2 aromatic carbocycles. The molecule has 27 heavy (non-hydrogen) atoms. The lowest BCUT2D eigenvalue weighted by Gasteiger charge is -2.17. The van der Waals surface area contributed by atoms with Gasteiger partial charge in [0, 0.05) is 17.9 Å². The predicted molar refractivity (Wildman–Crippen MR) is 114 cm³/mol. The van der Waals surface area contributed by atoms with E-state index < -0.39 is 0 Å². The lowest BCUT2D eigenvalue weighted by atomic mass is 10.3. The van der Waals surface area contributed by atoms with Crippen LogP contribution in [0.15, 0.2) is 47.4 Å². The second-order valence-electron chi connectivity index (χ2n) is 5.88. The maximum Gasteiger partial charge on any atom is 0.238 e. The number of thioether (sulfide) groups is 1. The van der Waals surface area contributed by atoms with Gasteiger partial charge in [-0.25, -0.2) is 0 Å². The van der Waals surface area contributed by atoms with Gasteiger partial charge in [0.15, 0.2) is 0 Å². The van der Waals surface area contributed by atoms with Gasteiger partial charge in [-0.05, 0) is 37.6 Å². The third-order valence-electron chi connectivity index (χ3n) is 3.74. The zero-order chi connectivity index (χ0) is 19.8. The number of rotatable bonds is 8. The van der Waals surface area contributed by atoms with Crippen LogP contribution < -0.4 is 10.6 Å². The number of carbonyl (C=O) groups is 2. The number of likely N-dealkylation sites (N-methyl/N-ethyl adjacent to an activating group) is 1. The Morgan fingerprint density at radius 1 is 1.00 bits per heavy atom. The van der Waals surface area contributed by atoms with E-state index >= 15 is 0 Å². The summed E-state index contributed by atoms with van der Waals surface area (Å²) < 4.78 is 0. The molecule has 0 aliphatic heterocycles. The van der Waals surface area contributed by atoms with Crippen LogP contribution in [0.3, 0.4) is 0 Å². The normalized spacial score (nSPS) is 10.7. The molecule has 2 N–H and O–H groups in total. The molecule has 0 saturated carbocycles. The van der Waals surface area contributed by atoms with Gasteiger partial charge in [-0.2, -0.15) is 0 Å². The molecular weight excluding hydrogens is 405 g/mol. The van der Waals surface area contributed by atoms with E-state index in [1.807, 2.05) is 30.5 Å². The molecule has 0 atom stereocenters. The van der Waals surface area contributed by atoms with E-state index in [2.05, 4.69) is 10.6 Å². The van der Waals surface area contributed by atoms with Crippen molar-refractivity contribution in [3.63, 3.8) is 0 Å². The number of benzene rings is 2. The standard InChI is InChI=1S/C19H21Cl2N3O2S/c1-24(12-18(26)22-15-8-3-4-9-16(15)27-2)11-10-17(25)23-19-13(20)6-5-7-14(19)21/h3-9H,10-12H2,1-2H3,(H,22,26)(H,23,25). The molecule has 0 spiro atoms. The van der Waals surface area contributed by atoms with E-state index in [1.165, 1.54) is 0 Å². The lowest BCUT2D eigenvalue weighted by molar-refractivity contribution is -0.119. The number of amides is 2. The van der Waals surface area contributed by atoms with Gasteiger partial charge >= 0.3 is 0 Å². The molecule has 5 nitrogen and oxygen atoms in total. The van der Waals surface area contributed by atoms with Gasteiger partial charge in [-0.3, -0.25) is 14.5 Å². The monoisotopic (exact) mass is 425 g/mol. The maximum atomic E-state index is 12.2. The maximum absolute atomic E-state index is 12.2. The summed E-state index contributed by atoms with van der Waals surface area (Å²) in [7, 11) is 1.79. The lowest BCUT2D eigenvalue weighted by Crippen LogP contribution is -2.32. The fourth-order valence-electron chi connectivity index (χ4n) is 2.37. The number of anilines is 2. The van der Waals surface area contributed by atoms with Crippen LogP contribution in [0.1, 0.15) is 6.42 Å². The first kappa shape index (κ1) is 21.6. The molecule has 0 saturated heterocycles. The van der Waals surface area contributed by atoms with Crippen molar-refractivity contribution in [2.24, 2.45) is 0 Å². The van der Waals surface area contributed by atoms with E-state index in [4.69, 9.17) is 23.2 Å². The summed E-state index contributed by atoms with van der Waals surface area (Å²) in [5, 5.41) is 6.38. The molecule has 2 amide bonds. The van der Waals surface area contributed by atoms with Crippen LogP contribution >= 0.6 is 35.0 Å². The van der Waals surface area contributed by atoms with E-state index in [9.17, 15) is 9.59 Å². The Balaban J connectivity index is 1.80. The Hall–Kier alpha value is -1.73. The van der Waals surface area contributed by atoms with Crippen molar-refractivity contribution in [1.82, 2.24) is 4.90 Å². The Kier molecular flexibility index (Phi) is 8.44. The fourth-order valence-corrected chi connectivity index (χ4v) is 3.42. The van der Waals surface area contributed by atoms with Crippen molar-refractivity contribution in [3.8, 4) is 0 Å². The van der Waals surface area contributed by atoms with Crippen LogP contribution in [0.5, 0.6) is 0 Å². The molecule has 0 fully saturated rings. The number of hydrogen-bond donors (Lipinski definition) is 2. The highest BCUT2D eigenvalue weighted by molar-refractivity contribution is 7.98. The van der Waals surface area contributed by atoms with Gasteiger partial charge in [0.2, 0.25) is 11.8 Å². The van der Waals surface area contributed by atoms with Crippen molar-refractivity contribution in [2.75, 3.05) is 37.0 Å². The highest BCUT2D eigenvalue weighted by Gasteiger charge is 2.13. The number of hydrogen-bond acceptors (Lipinski definition) is 4. The number of carbonyl (C=O) groups excluding carboxylic acids is 2. The minimum absolute atomic E-state index is 0.131. The van der Waals surface area contributed by atoms with Gasteiger partial charge < -0.3 is 10.6 Å². The van der Waals surface area contributed by atoms with Crippen LogP contribution in [0.4, 0.5) is 11.4 Å². The topological polar surface area (TPSA) is 61.4 Å². The third-order valence-corrected chi connectivity index (χ3v) is 5.17. The van der Waals surface area contributed by atoms with E-state index in [1.54, 1.807) is 41.9 Å². The SMILES string of the molecule is CSc1ccccc1NC(=O)CN(C)CCC(=O)Nc1c(Cl)cccc1Cl. The summed E-state index contributed by atoms with van der Waals surface area (Å²) in [4.78, 5) is 27.1. The van der Waals surface area contributed by atoms with Crippen molar-refractivity contribution in [3.05, 3.63) is 52.5 Å². The van der Waals surface area contributed by atoms with Crippen molar-refractivity contribution in [2.45, 2.75) is 11.3 Å². The minimum Gasteiger partial charge on any atom is -0.324 e. The Morgan fingerprint density at radius 3 is 2.33 bits per heavy atom. The smallest absolute Gasteiger partial charge is 0.238 e. The molecule has 0 unspecified atom stereocenters. The van der Waals surface area contributed by atoms with Crippen LogP contribution in [0.2, 0.25) is 10.0 Å². The second kappa shape index (κ2) is 10.6. The molecule has 0 radical (unpaired) electrons. The predicted octanol–water partition coefficient (Wildman–Crippen LogP) is 4.61. The highest BCUT2D eigenvalue weighted by Crippen LogP contribution is 2.29. The van der Waals surface area contributed by atoms with Crippen LogP contribution in [-0.2, 0) is 9.59 Å². The van der Waals surface area contributed by atoms with Gasteiger partial charge in [0.1, 0.15) is 0 Å². The molecule has 0 aliphatic rings. The quantitative estimate of drug-likeness (QED) is 0.605. The van der Waals surface area contributed by atoms with Gasteiger partial charge in [-0.1, -0.05) is 41.4 Å². The van der Waals surface area contributed by atoms with E-state index in [0.717, 1.165) is 10.6 Å². The zero-order valence-corrected chi connectivity index (χ0v) is 17.4. The first-order chi connectivity index (χ1) is 12.9. The first-order valence-corrected chi connectivity index (χ1v) is 10.2. The molecule has 8 heteroatoms. The molecular formula is C19H21Cl2N3O2S. The van der Waals surface area contributed by atoms with Crippen LogP contribution in [0, 0.1) is 0 Å². The number of nitrogens with zero attached hydrogens (tertiary/aromatic N) is 1. The minimum atomic E-state index is -0.218. The van der Waals surface area contributed by atoms with E-state index in [0.29, 0.717) is 22.3 Å². The first-order valence-electron chi connectivity index (χ1n) is 8.26. The average Bonchev–Trinajstić information content (AvgIpc) is 2.63. The number of nitrogens with one attached hydrogen (secondary N) is 2. The average molecular weight is 426 g/mol. The molecule has 2 aromatic rings. The van der Waals surface area contributed by atoms with Crippen molar-refractivity contribution in [1.29, 1.82) is 0 Å². The van der Waals surface area contributed by atoms with Crippen LogP contribution in [-0.4, -0.2) is 43.1 Å². The summed E-state index contributed by atoms with van der Waals surface area (Å²) in [6, 6.07) is 12.7.